The zero-order chi connectivity index (χ0) is 24.2. The van der Waals surface area contributed by atoms with E-state index in [1.807, 2.05) is 6.07 Å². The Morgan fingerprint density at radius 1 is 1.06 bits per heavy atom. The van der Waals surface area contributed by atoms with Gasteiger partial charge in [0.1, 0.15) is 11.6 Å². The second kappa shape index (κ2) is 10.2. The first kappa shape index (κ1) is 23.6. The van der Waals surface area contributed by atoms with Crippen LogP contribution in [0, 0.1) is 11.6 Å². The van der Waals surface area contributed by atoms with E-state index in [9.17, 15) is 18.4 Å². The van der Waals surface area contributed by atoms with Gasteiger partial charge in [-0.2, -0.15) is 0 Å². The number of anilines is 1. The molecule has 2 aromatic carbocycles. The summed E-state index contributed by atoms with van der Waals surface area (Å²) in [6.45, 7) is 4.05. The molecule has 6 nitrogen and oxygen atoms in total. The second-order valence-corrected chi connectivity index (χ2v) is 8.11. The number of nitrogens with zero attached hydrogens (tertiary/aromatic N) is 3. The van der Waals surface area contributed by atoms with E-state index >= 15 is 0 Å². The highest BCUT2D eigenvalue weighted by Gasteiger charge is 2.22. The SMILES string of the molecule is CCOC(=O)/C=C/C(=O)N1CCN(c2ccnc3cc(-c4ccc(F)cc4F)c(Cl)cc23)CC1. The molecule has 1 aliphatic heterocycles. The number of pyridine rings is 1. The highest BCUT2D eigenvalue weighted by Crippen LogP contribution is 2.36. The summed E-state index contributed by atoms with van der Waals surface area (Å²) in [5.74, 6) is -2.15. The number of rotatable bonds is 5. The molecule has 34 heavy (non-hydrogen) atoms. The summed E-state index contributed by atoms with van der Waals surface area (Å²) >= 11 is 6.50. The monoisotopic (exact) mass is 485 g/mol. The Kier molecular flexibility index (Phi) is 7.07. The van der Waals surface area contributed by atoms with Crippen LogP contribution in [0.3, 0.4) is 0 Å². The minimum absolute atomic E-state index is 0.198. The van der Waals surface area contributed by atoms with Crippen LogP contribution in [0.4, 0.5) is 14.5 Å². The van der Waals surface area contributed by atoms with Gasteiger partial charge in [0.05, 0.1) is 12.1 Å². The number of carbonyl (C=O) groups is 2. The Hall–Kier alpha value is -3.52. The summed E-state index contributed by atoms with van der Waals surface area (Å²) in [7, 11) is 0. The van der Waals surface area contributed by atoms with Crippen LogP contribution in [0.15, 0.2) is 54.7 Å². The van der Waals surface area contributed by atoms with Crippen LogP contribution in [0.25, 0.3) is 22.0 Å². The van der Waals surface area contributed by atoms with Gasteiger partial charge in [-0.3, -0.25) is 9.78 Å². The Morgan fingerprint density at radius 2 is 1.82 bits per heavy atom. The summed E-state index contributed by atoms with van der Waals surface area (Å²) in [4.78, 5) is 32.0. The van der Waals surface area contributed by atoms with E-state index < -0.39 is 17.6 Å². The van der Waals surface area contributed by atoms with E-state index in [1.54, 1.807) is 30.2 Å². The standard InChI is InChI=1S/C25H22ClF2N3O3/c1-2-34-25(33)6-5-24(32)31-11-9-30(10-12-31)23-7-8-29-22-15-18(20(26)14-19(22)23)17-4-3-16(27)13-21(17)28/h3-8,13-15H,2,9-12H2,1H3/b6-5+. The third-order valence-electron chi connectivity index (χ3n) is 5.61. The molecule has 0 N–H and O–H groups in total. The lowest BCUT2D eigenvalue weighted by Crippen LogP contribution is -2.48. The predicted octanol–water partition coefficient (Wildman–Crippen LogP) is 4.60. The maximum Gasteiger partial charge on any atom is 0.330 e. The van der Waals surface area contributed by atoms with Crippen molar-refractivity contribution in [2.24, 2.45) is 0 Å². The average Bonchev–Trinajstić information content (AvgIpc) is 2.82. The van der Waals surface area contributed by atoms with Crippen molar-refractivity contribution in [2.75, 3.05) is 37.7 Å². The lowest BCUT2D eigenvalue weighted by molar-refractivity contribution is -0.137. The molecule has 1 fully saturated rings. The van der Waals surface area contributed by atoms with E-state index in [4.69, 9.17) is 16.3 Å². The van der Waals surface area contributed by atoms with Crippen molar-refractivity contribution in [3.05, 3.63) is 71.4 Å². The third-order valence-corrected chi connectivity index (χ3v) is 5.92. The topological polar surface area (TPSA) is 62.7 Å². The van der Waals surface area contributed by atoms with Crippen molar-refractivity contribution < 1.29 is 23.1 Å². The Bertz CT molecular complexity index is 1270. The zero-order valence-corrected chi connectivity index (χ0v) is 19.2. The van der Waals surface area contributed by atoms with Crippen LogP contribution in [0.5, 0.6) is 0 Å². The number of ether oxygens (including phenoxy) is 1. The van der Waals surface area contributed by atoms with Crippen LogP contribution >= 0.6 is 11.6 Å². The van der Waals surface area contributed by atoms with Crippen LogP contribution in [-0.2, 0) is 14.3 Å². The largest absolute Gasteiger partial charge is 0.463 e. The van der Waals surface area contributed by atoms with Gasteiger partial charge in [0.15, 0.2) is 0 Å². The Balaban J connectivity index is 1.54. The molecule has 1 amide bonds. The number of piperazine rings is 1. The van der Waals surface area contributed by atoms with Gasteiger partial charge in [-0.25, -0.2) is 13.6 Å². The van der Waals surface area contributed by atoms with Crippen molar-refractivity contribution in [3.63, 3.8) is 0 Å². The van der Waals surface area contributed by atoms with Gasteiger partial charge in [0.2, 0.25) is 5.91 Å². The molecule has 3 aromatic rings. The molecule has 0 radical (unpaired) electrons. The third kappa shape index (κ3) is 5.02. The number of halogens is 3. The van der Waals surface area contributed by atoms with Crippen molar-refractivity contribution >= 4 is 40.1 Å². The van der Waals surface area contributed by atoms with Gasteiger partial charge in [-0.05, 0) is 37.3 Å². The molecule has 0 spiro atoms. The zero-order valence-electron chi connectivity index (χ0n) is 18.4. The molecule has 176 valence electrons. The van der Waals surface area contributed by atoms with Gasteiger partial charge in [0.25, 0.3) is 0 Å². The molecule has 4 rings (SSSR count). The van der Waals surface area contributed by atoms with Gasteiger partial charge in [-0.1, -0.05) is 11.6 Å². The molecule has 0 saturated carbocycles. The number of benzene rings is 2. The van der Waals surface area contributed by atoms with Crippen molar-refractivity contribution in [1.82, 2.24) is 9.88 Å². The van der Waals surface area contributed by atoms with Crippen molar-refractivity contribution in [2.45, 2.75) is 6.92 Å². The lowest BCUT2D eigenvalue weighted by atomic mass is 10.0. The summed E-state index contributed by atoms with van der Waals surface area (Å²) in [5, 5.41) is 1.12. The lowest BCUT2D eigenvalue weighted by Gasteiger charge is -2.36. The maximum absolute atomic E-state index is 14.3. The van der Waals surface area contributed by atoms with Gasteiger partial charge in [-0.15, -0.1) is 0 Å². The summed E-state index contributed by atoms with van der Waals surface area (Å²) < 4.78 is 32.5. The molecule has 1 aliphatic rings. The first-order chi connectivity index (χ1) is 16.4. The summed E-state index contributed by atoms with van der Waals surface area (Å²) in [6.07, 6.45) is 4.03. The fourth-order valence-electron chi connectivity index (χ4n) is 3.94. The number of carbonyl (C=O) groups excluding carboxylic acids is 2. The molecular weight excluding hydrogens is 464 g/mol. The highest BCUT2D eigenvalue weighted by molar-refractivity contribution is 6.34. The Morgan fingerprint density at radius 3 is 2.53 bits per heavy atom. The van der Waals surface area contributed by atoms with E-state index in [2.05, 4.69) is 9.88 Å². The summed E-state index contributed by atoms with van der Waals surface area (Å²) in [5.41, 5.74) is 2.15. The van der Waals surface area contributed by atoms with Crippen LogP contribution in [0.2, 0.25) is 5.02 Å². The van der Waals surface area contributed by atoms with Gasteiger partial charge in [0, 0.05) is 77.8 Å². The smallest absolute Gasteiger partial charge is 0.330 e. The minimum Gasteiger partial charge on any atom is -0.463 e. The van der Waals surface area contributed by atoms with Gasteiger partial charge >= 0.3 is 5.97 Å². The van der Waals surface area contributed by atoms with Crippen LogP contribution in [-0.4, -0.2) is 54.5 Å². The first-order valence-electron chi connectivity index (χ1n) is 10.8. The molecule has 9 heteroatoms. The molecule has 0 atom stereocenters. The van der Waals surface area contributed by atoms with Crippen molar-refractivity contribution in [3.8, 4) is 11.1 Å². The number of hydrogen-bond acceptors (Lipinski definition) is 5. The fraction of sp³-hybridized carbons (Fsp3) is 0.240. The molecule has 1 aromatic heterocycles. The normalized spacial score (nSPS) is 14.1. The number of hydrogen-bond donors (Lipinski definition) is 0. The van der Waals surface area contributed by atoms with Crippen molar-refractivity contribution in [1.29, 1.82) is 0 Å². The van der Waals surface area contributed by atoms with Crippen LogP contribution < -0.4 is 4.90 Å². The number of amides is 1. The quantitative estimate of drug-likeness (QED) is 0.390. The first-order valence-corrected chi connectivity index (χ1v) is 11.2. The average molecular weight is 486 g/mol. The van der Waals surface area contributed by atoms with Crippen LogP contribution in [0.1, 0.15) is 6.92 Å². The number of aromatic nitrogens is 1. The Labute approximate surface area is 200 Å². The number of fused-ring (bicyclic) bond motifs is 1. The maximum atomic E-state index is 14.3. The molecular formula is C25H22ClF2N3O3. The predicted molar refractivity (Wildman–Crippen MR) is 127 cm³/mol. The highest BCUT2D eigenvalue weighted by atomic mass is 35.5. The van der Waals surface area contributed by atoms with E-state index in [1.165, 1.54) is 18.2 Å². The van der Waals surface area contributed by atoms with E-state index in [-0.39, 0.29) is 18.1 Å². The van der Waals surface area contributed by atoms with E-state index in [0.29, 0.717) is 42.3 Å². The number of esters is 1. The van der Waals surface area contributed by atoms with Gasteiger partial charge < -0.3 is 14.5 Å². The molecule has 0 unspecified atom stereocenters. The minimum atomic E-state index is -0.699. The summed E-state index contributed by atoms with van der Waals surface area (Å²) in [6, 6.07) is 8.66. The molecule has 2 heterocycles. The van der Waals surface area contributed by atoms with E-state index in [0.717, 1.165) is 23.2 Å². The fourth-order valence-corrected chi connectivity index (χ4v) is 4.21. The molecule has 0 bridgehead atoms. The molecule has 0 aliphatic carbocycles. The second-order valence-electron chi connectivity index (χ2n) is 7.70. The molecule has 1 saturated heterocycles.